The molecule has 2 rings (SSSR count). The Kier molecular flexibility index (Phi) is 2.61. The van der Waals surface area contributed by atoms with Crippen LogP contribution in [0.3, 0.4) is 0 Å². The Hall–Kier alpha value is -1.89. The van der Waals surface area contributed by atoms with Gasteiger partial charge < -0.3 is 5.73 Å². The van der Waals surface area contributed by atoms with Crippen molar-refractivity contribution in [2.45, 2.75) is 13.8 Å². The predicted molar refractivity (Wildman–Crippen MR) is 62.5 cm³/mol. The summed E-state index contributed by atoms with van der Waals surface area (Å²) < 4.78 is 0. The SMILES string of the molecule is Cc1csc(NC(=O)c2n[nH]c(C)c2N)n1. The number of nitrogens with two attached hydrogens (primary N) is 1. The van der Waals surface area contributed by atoms with E-state index in [1.54, 1.807) is 6.92 Å². The van der Waals surface area contributed by atoms with E-state index < -0.39 is 0 Å². The average molecular weight is 237 g/mol. The zero-order chi connectivity index (χ0) is 11.7. The van der Waals surface area contributed by atoms with Crippen LogP contribution in [0, 0.1) is 13.8 Å². The number of aromatic amines is 1. The molecule has 1 amide bonds. The van der Waals surface area contributed by atoms with Crippen molar-refractivity contribution in [3.05, 3.63) is 22.5 Å². The normalized spacial score (nSPS) is 10.4. The number of nitrogen functional groups attached to an aromatic ring is 1. The monoisotopic (exact) mass is 237 g/mol. The average Bonchev–Trinajstić information content (AvgIpc) is 2.76. The summed E-state index contributed by atoms with van der Waals surface area (Å²) in [7, 11) is 0. The quantitative estimate of drug-likeness (QED) is 0.733. The van der Waals surface area contributed by atoms with E-state index in [4.69, 9.17) is 5.73 Å². The van der Waals surface area contributed by atoms with Gasteiger partial charge in [-0.25, -0.2) is 4.98 Å². The molecule has 6 nitrogen and oxygen atoms in total. The van der Waals surface area contributed by atoms with E-state index in [1.807, 2.05) is 12.3 Å². The van der Waals surface area contributed by atoms with E-state index in [9.17, 15) is 4.79 Å². The van der Waals surface area contributed by atoms with Gasteiger partial charge in [-0.15, -0.1) is 11.3 Å². The molecule has 0 aliphatic heterocycles. The van der Waals surface area contributed by atoms with Crippen molar-refractivity contribution < 1.29 is 4.79 Å². The molecule has 0 spiro atoms. The van der Waals surface area contributed by atoms with Gasteiger partial charge in [0, 0.05) is 5.38 Å². The summed E-state index contributed by atoms with van der Waals surface area (Å²) in [5, 5.41) is 11.5. The Balaban J connectivity index is 2.18. The summed E-state index contributed by atoms with van der Waals surface area (Å²) in [4.78, 5) is 15.9. The molecular weight excluding hydrogens is 226 g/mol. The molecule has 16 heavy (non-hydrogen) atoms. The van der Waals surface area contributed by atoms with Gasteiger partial charge in [-0.05, 0) is 13.8 Å². The van der Waals surface area contributed by atoms with Crippen molar-refractivity contribution in [3.8, 4) is 0 Å². The number of nitrogens with one attached hydrogen (secondary N) is 2. The lowest BCUT2D eigenvalue weighted by atomic mass is 10.3. The van der Waals surface area contributed by atoms with Gasteiger partial charge >= 0.3 is 0 Å². The molecule has 2 heterocycles. The number of H-pyrrole nitrogens is 1. The summed E-state index contributed by atoms with van der Waals surface area (Å²) in [5.74, 6) is -0.351. The number of carbonyl (C=O) groups is 1. The minimum Gasteiger partial charge on any atom is -0.395 e. The van der Waals surface area contributed by atoms with Crippen LogP contribution in [0.25, 0.3) is 0 Å². The smallest absolute Gasteiger partial charge is 0.280 e. The Morgan fingerprint density at radius 2 is 2.31 bits per heavy atom. The molecule has 0 aliphatic carbocycles. The van der Waals surface area contributed by atoms with E-state index in [0.29, 0.717) is 16.5 Å². The van der Waals surface area contributed by atoms with Crippen LogP contribution < -0.4 is 11.1 Å². The second-order valence-electron chi connectivity index (χ2n) is 3.36. The molecule has 0 fully saturated rings. The first-order valence-corrected chi connectivity index (χ1v) is 5.50. The molecule has 0 radical (unpaired) electrons. The molecule has 0 aromatic carbocycles. The number of hydrogen-bond donors (Lipinski definition) is 3. The summed E-state index contributed by atoms with van der Waals surface area (Å²) >= 11 is 1.36. The van der Waals surface area contributed by atoms with Crippen LogP contribution in [0.1, 0.15) is 21.9 Å². The summed E-state index contributed by atoms with van der Waals surface area (Å²) in [6, 6.07) is 0. The zero-order valence-electron chi connectivity index (χ0n) is 8.87. The van der Waals surface area contributed by atoms with Gasteiger partial charge in [0.05, 0.1) is 17.1 Å². The molecule has 7 heteroatoms. The number of hydrogen-bond acceptors (Lipinski definition) is 5. The summed E-state index contributed by atoms with van der Waals surface area (Å²) in [6.45, 7) is 3.62. The standard InChI is InChI=1S/C9H11N5OS/c1-4-3-16-9(11-4)12-8(15)7-6(10)5(2)13-14-7/h3H,10H2,1-2H3,(H,13,14)(H,11,12,15). The van der Waals surface area contributed by atoms with Gasteiger partial charge in [0.25, 0.3) is 5.91 Å². The van der Waals surface area contributed by atoms with Crippen molar-refractivity contribution in [3.63, 3.8) is 0 Å². The fraction of sp³-hybridized carbons (Fsp3) is 0.222. The van der Waals surface area contributed by atoms with Crippen molar-refractivity contribution in [1.29, 1.82) is 0 Å². The van der Waals surface area contributed by atoms with Gasteiger partial charge in [-0.3, -0.25) is 15.2 Å². The third kappa shape index (κ3) is 1.89. The number of rotatable bonds is 2. The van der Waals surface area contributed by atoms with Crippen LogP contribution in [0.5, 0.6) is 0 Å². The highest BCUT2D eigenvalue weighted by Gasteiger charge is 2.16. The van der Waals surface area contributed by atoms with Gasteiger partial charge in [0.2, 0.25) is 0 Å². The first-order chi connectivity index (χ1) is 7.58. The van der Waals surface area contributed by atoms with Crippen LogP contribution in [-0.2, 0) is 0 Å². The number of amides is 1. The van der Waals surface area contributed by atoms with Crippen LogP contribution in [0.4, 0.5) is 10.8 Å². The third-order valence-electron chi connectivity index (χ3n) is 2.05. The van der Waals surface area contributed by atoms with Crippen LogP contribution in [0.15, 0.2) is 5.38 Å². The Morgan fingerprint density at radius 3 is 2.81 bits per heavy atom. The fourth-order valence-corrected chi connectivity index (χ4v) is 1.86. The van der Waals surface area contributed by atoms with Crippen LogP contribution in [-0.4, -0.2) is 21.1 Å². The maximum Gasteiger partial charge on any atom is 0.280 e. The molecule has 0 bridgehead atoms. The zero-order valence-corrected chi connectivity index (χ0v) is 9.68. The minimum absolute atomic E-state index is 0.199. The van der Waals surface area contributed by atoms with E-state index >= 15 is 0 Å². The lowest BCUT2D eigenvalue weighted by molar-refractivity contribution is 0.102. The van der Waals surface area contributed by atoms with Gasteiger partial charge in [-0.2, -0.15) is 5.10 Å². The number of aryl methyl sites for hydroxylation is 2. The number of thiazole rings is 1. The molecule has 0 unspecified atom stereocenters. The van der Waals surface area contributed by atoms with Crippen molar-refractivity contribution in [2.24, 2.45) is 0 Å². The molecule has 0 saturated heterocycles. The number of aromatic nitrogens is 3. The lowest BCUT2D eigenvalue weighted by Gasteiger charge is -1.98. The van der Waals surface area contributed by atoms with Gasteiger partial charge in [0.1, 0.15) is 0 Å². The molecule has 0 saturated carbocycles. The fourth-order valence-electron chi connectivity index (χ4n) is 1.18. The van der Waals surface area contributed by atoms with E-state index in [0.717, 1.165) is 5.69 Å². The highest BCUT2D eigenvalue weighted by Crippen LogP contribution is 2.18. The maximum absolute atomic E-state index is 11.8. The van der Waals surface area contributed by atoms with Crippen LogP contribution in [0.2, 0.25) is 0 Å². The van der Waals surface area contributed by atoms with E-state index in [2.05, 4.69) is 20.5 Å². The van der Waals surface area contributed by atoms with Gasteiger partial charge in [0.15, 0.2) is 10.8 Å². The maximum atomic E-state index is 11.8. The topological polar surface area (TPSA) is 96.7 Å². The van der Waals surface area contributed by atoms with Crippen molar-refractivity contribution >= 4 is 28.1 Å². The second kappa shape index (κ2) is 3.93. The molecule has 0 aliphatic rings. The first-order valence-electron chi connectivity index (χ1n) is 4.62. The largest absolute Gasteiger partial charge is 0.395 e. The highest BCUT2D eigenvalue weighted by molar-refractivity contribution is 7.13. The number of anilines is 2. The molecule has 0 atom stereocenters. The third-order valence-corrected chi connectivity index (χ3v) is 2.92. The Bertz CT molecular complexity index is 530. The molecule has 84 valence electrons. The molecular formula is C9H11N5OS. The van der Waals surface area contributed by atoms with E-state index in [1.165, 1.54) is 11.3 Å². The van der Waals surface area contributed by atoms with Gasteiger partial charge in [-0.1, -0.05) is 0 Å². The Labute approximate surface area is 95.9 Å². The molecule has 4 N–H and O–H groups in total. The Morgan fingerprint density at radius 1 is 1.56 bits per heavy atom. The van der Waals surface area contributed by atoms with Crippen LogP contribution >= 0.6 is 11.3 Å². The van der Waals surface area contributed by atoms with Crippen molar-refractivity contribution in [2.75, 3.05) is 11.1 Å². The predicted octanol–water partition coefficient (Wildman–Crippen LogP) is 1.32. The number of nitrogens with zero attached hydrogens (tertiary/aromatic N) is 2. The second-order valence-corrected chi connectivity index (χ2v) is 4.22. The van der Waals surface area contributed by atoms with E-state index in [-0.39, 0.29) is 11.6 Å². The van der Waals surface area contributed by atoms with Crippen molar-refractivity contribution in [1.82, 2.24) is 15.2 Å². The lowest BCUT2D eigenvalue weighted by Crippen LogP contribution is -2.14. The number of carbonyl (C=O) groups excluding carboxylic acids is 1. The summed E-state index contributed by atoms with van der Waals surface area (Å²) in [5.41, 5.74) is 7.80. The molecule has 2 aromatic rings. The minimum atomic E-state index is -0.351. The summed E-state index contributed by atoms with van der Waals surface area (Å²) in [6.07, 6.45) is 0. The molecule has 2 aromatic heterocycles. The first kappa shape index (κ1) is 10.6. The highest BCUT2D eigenvalue weighted by atomic mass is 32.1.